The first-order valence-corrected chi connectivity index (χ1v) is 13.3. The average Bonchev–Trinajstić information content (AvgIpc) is 2.92. The molecule has 0 aliphatic rings. The van der Waals surface area contributed by atoms with Crippen molar-refractivity contribution in [2.75, 3.05) is 43.1 Å². The SMILES string of the molecule is CCOc1ccc(S(=O)(=O)N(C)c2ccc(OCC(=O)OCC(=O)Nc3ccccc3OCC)cc2)cc1. The smallest absolute Gasteiger partial charge is 0.344 e. The number of anilines is 2. The number of hydrogen-bond donors (Lipinski definition) is 1. The molecule has 0 bridgehead atoms. The summed E-state index contributed by atoms with van der Waals surface area (Å²) in [5.74, 6) is 0.165. The van der Waals surface area contributed by atoms with Crippen LogP contribution in [-0.2, 0) is 24.3 Å². The summed E-state index contributed by atoms with van der Waals surface area (Å²) >= 11 is 0. The molecule has 0 unspecified atom stereocenters. The Labute approximate surface area is 222 Å². The molecule has 0 fully saturated rings. The highest BCUT2D eigenvalue weighted by Gasteiger charge is 2.21. The fourth-order valence-electron chi connectivity index (χ4n) is 3.29. The monoisotopic (exact) mass is 542 g/mol. The lowest BCUT2D eigenvalue weighted by atomic mass is 10.3. The minimum absolute atomic E-state index is 0.122. The maximum Gasteiger partial charge on any atom is 0.344 e. The van der Waals surface area contributed by atoms with Gasteiger partial charge in [-0.15, -0.1) is 0 Å². The van der Waals surface area contributed by atoms with Crippen molar-refractivity contribution in [1.82, 2.24) is 0 Å². The Balaban J connectivity index is 1.49. The topological polar surface area (TPSA) is 120 Å². The van der Waals surface area contributed by atoms with Gasteiger partial charge in [0.15, 0.2) is 13.2 Å². The van der Waals surface area contributed by atoms with Crippen LogP contribution >= 0.6 is 0 Å². The van der Waals surface area contributed by atoms with E-state index in [1.165, 1.54) is 31.3 Å². The van der Waals surface area contributed by atoms with Crippen LogP contribution in [0.1, 0.15) is 13.8 Å². The fraction of sp³-hybridized carbons (Fsp3) is 0.259. The number of benzene rings is 3. The van der Waals surface area contributed by atoms with Crippen LogP contribution < -0.4 is 23.8 Å². The summed E-state index contributed by atoms with van der Waals surface area (Å²) in [6, 6.07) is 19.3. The lowest BCUT2D eigenvalue weighted by molar-refractivity contribution is -0.149. The molecule has 3 aromatic carbocycles. The van der Waals surface area contributed by atoms with Gasteiger partial charge in [-0.3, -0.25) is 9.10 Å². The van der Waals surface area contributed by atoms with E-state index in [9.17, 15) is 18.0 Å². The van der Waals surface area contributed by atoms with E-state index in [0.717, 1.165) is 4.31 Å². The molecule has 0 saturated carbocycles. The van der Waals surface area contributed by atoms with Crippen LogP contribution in [0.3, 0.4) is 0 Å². The van der Waals surface area contributed by atoms with E-state index in [1.54, 1.807) is 48.5 Å². The molecule has 202 valence electrons. The van der Waals surface area contributed by atoms with Crippen molar-refractivity contribution in [3.63, 3.8) is 0 Å². The molecule has 1 N–H and O–H groups in total. The van der Waals surface area contributed by atoms with Crippen molar-refractivity contribution in [1.29, 1.82) is 0 Å². The first-order valence-electron chi connectivity index (χ1n) is 11.9. The molecular formula is C27H30N2O8S. The quantitative estimate of drug-likeness (QED) is 0.323. The van der Waals surface area contributed by atoms with Gasteiger partial charge in [-0.2, -0.15) is 0 Å². The van der Waals surface area contributed by atoms with E-state index in [4.69, 9.17) is 18.9 Å². The Morgan fingerprint density at radius 2 is 1.39 bits per heavy atom. The summed E-state index contributed by atoms with van der Waals surface area (Å²) in [5, 5.41) is 2.63. The largest absolute Gasteiger partial charge is 0.494 e. The van der Waals surface area contributed by atoms with Crippen LogP contribution in [0.2, 0.25) is 0 Å². The van der Waals surface area contributed by atoms with Crippen LogP contribution in [0, 0.1) is 0 Å². The van der Waals surface area contributed by atoms with Gasteiger partial charge in [0.1, 0.15) is 17.2 Å². The zero-order valence-electron chi connectivity index (χ0n) is 21.4. The molecule has 0 spiro atoms. The van der Waals surface area contributed by atoms with Gasteiger partial charge in [0, 0.05) is 7.05 Å². The zero-order chi connectivity index (χ0) is 27.5. The molecule has 0 atom stereocenters. The zero-order valence-corrected chi connectivity index (χ0v) is 22.2. The van der Waals surface area contributed by atoms with Crippen molar-refractivity contribution in [2.45, 2.75) is 18.7 Å². The molecule has 0 radical (unpaired) electrons. The number of nitrogens with one attached hydrogen (secondary N) is 1. The van der Waals surface area contributed by atoms with E-state index in [0.29, 0.717) is 41.8 Å². The number of hydrogen-bond acceptors (Lipinski definition) is 8. The Morgan fingerprint density at radius 1 is 0.789 bits per heavy atom. The summed E-state index contributed by atoms with van der Waals surface area (Å²) < 4.78 is 48.2. The molecule has 11 heteroatoms. The predicted octanol–water partition coefficient (Wildman–Crippen LogP) is 3.87. The van der Waals surface area contributed by atoms with Crippen LogP contribution in [0.4, 0.5) is 11.4 Å². The molecule has 3 rings (SSSR count). The lowest BCUT2D eigenvalue weighted by Gasteiger charge is -2.20. The van der Waals surface area contributed by atoms with Crippen LogP contribution in [-0.4, -0.2) is 53.8 Å². The Bertz CT molecular complexity index is 1330. The highest BCUT2D eigenvalue weighted by Crippen LogP contribution is 2.26. The van der Waals surface area contributed by atoms with Gasteiger partial charge in [0.2, 0.25) is 0 Å². The number of carbonyl (C=O) groups excluding carboxylic acids is 2. The van der Waals surface area contributed by atoms with Gasteiger partial charge >= 0.3 is 5.97 Å². The molecule has 0 aromatic heterocycles. The van der Waals surface area contributed by atoms with Gasteiger partial charge in [0.25, 0.3) is 15.9 Å². The standard InChI is InChI=1S/C27H30N2O8S/c1-4-34-21-14-16-23(17-15-21)38(32,33)29(3)20-10-12-22(13-11-20)36-19-27(31)37-18-26(30)28-24-8-6-7-9-25(24)35-5-2/h6-17H,4-5,18-19H2,1-3H3,(H,28,30). The molecule has 0 aliphatic heterocycles. The fourth-order valence-corrected chi connectivity index (χ4v) is 4.49. The maximum atomic E-state index is 12.9. The van der Waals surface area contributed by atoms with Crippen molar-refractivity contribution in [3.8, 4) is 17.2 Å². The number of carbonyl (C=O) groups is 2. The minimum Gasteiger partial charge on any atom is -0.494 e. The molecule has 0 aliphatic carbocycles. The summed E-state index contributed by atoms with van der Waals surface area (Å²) in [6.07, 6.45) is 0. The summed E-state index contributed by atoms with van der Waals surface area (Å²) in [7, 11) is -2.35. The molecule has 38 heavy (non-hydrogen) atoms. The van der Waals surface area contributed by atoms with E-state index in [-0.39, 0.29) is 4.90 Å². The highest BCUT2D eigenvalue weighted by molar-refractivity contribution is 7.92. The third-order valence-corrected chi connectivity index (χ3v) is 6.98. The lowest BCUT2D eigenvalue weighted by Crippen LogP contribution is -2.26. The first-order chi connectivity index (χ1) is 18.2. The number of para-hydroxylation sites is 2. The summed E-state index contributed by atoms with van der Waals surface area (Å²) in [4.78, 5) is 24.3. The Kier molecular flexibility index (Phi) is 9.94. The highest BCUT2D eigenvalue weighted by atomic mass is 32.2. The first kappa shape index (κ1) is 28.3. The van der Waals surface area contributed by atoms with E-state index in [2.05, 4.69) is 5.32 Å². The van der Waals surface area contributed by atoms with Crippen LogP contribution in [0.5, 0.6) is 17.2 Å². The average molecular weight is 543 g/mol. The van der Waals surface area contributed by atoms with Gasteiger partial charge < -0.3 is 24.3 Å². The number of amides is 1. The van der Waals surface area contributed by atoms with E-state index in [1.807, 2.05) is 13.8 Å². The van der Waals surface area contributed by atoms with Crippen LogP contribution in [0.25, 0.3) is 0 Å². The second-order valence-corrected chi connectivity index (χ2v) is 9.77. The molecule has 0 saturated heterocycles. The Morgan fingerprint density at radius 3 is 2.05 bits per heavy atom. The Hall–Kier alpha value is -4.25. The van der Waals surface area contributed by atoms with Crippen molar-refractivity contribution >= 4 is 33.3 Å². The van der Waals surface area contributed by atoms with Gasteiger partial charge in [-0.1, -0.05) is 12.1 Å². The second-order valence-electron chi connectivity index (χ2n) is 7.80. The molecule has 10 nitrogen and oxygen atoms in total. The third-order valence-electron chi connectivity index (χ3n) is 5.18. The predicted molar refractivity (Wildman–Crippen MR) is 142 cm³/mol. The van der Waals surface area contributed by atoms with Crippen molar-refractivity contribution in [3.05, 3.63) is 72.8 Å². The van der Waals surface area contributed by atoms with Gasteiger partial charge in [0.05, 0.1) is 29.5 Å². The summed E-state index contributed by atoms with van der Waals surface area (Å²) in [6.45, 7) is 3.68. The molecule has 3 aromatic rings. The second kappa shape index (κ2) is 13.3. The number of sulfonamides is 1. The van der Waals surface area contributed by atoms with Crippen molar-refractivity contribution < 1.29 is 37.0 Å². The van der Waals surface area contributed by atoms with E-state index < -0.39 is 35.1 Å². The maximum absolute atomic E-state index is 12.9. The molecule has 1 amide bonds. The van der Waals surface area contributed by atoms with Gasteiger partial charge in [-0.05, 0) is 74.5 Å². The minimum atomic E-state index is -3.79. The number of esters is 1. The third kappa shape index (κ3) is 7.62. The van der Waals surface area contributed by atoms with E-state index >= 15 is 0 Å². The van der Waals surface area contributed by atoms with Gasteiger partial charge in [-0.25, -0.2) is 13.2 Å². The van der Waals surface area contributed by atoms with Crippen molar-refractivity contribution in [2.24, 2.45) is 0 Å². The number of ether oxygens (including phenoxy) is 4. The van der Waals surface area contributed by atoms with Crippen LogP contribution in [0.15, 0.2) is 77.7 Å². The normalized spacial score (nSPS) is 10.8. The molecule has 0 heterocycles. The number of nitrogens with zero attached hydrogens (tertiary/aromatic N) is 1. The molecular weight excluding hydrogens is 512 g/mol. The number of rotatable bonds is 13. The summed E-state index contributed by atoms with van der Waals surface area (Å²) in [5.41, 5.74) is 0.874.